The molecule has 0 saturated carbocycles. The van der Waals surface area contributed by atoms with Crippen LogP contribution in [-0.2, 0) is 0 Å². The van der Waals surface area contributed by atoms with Gasteiger partial charge in [0.05, 0.1) is 6.54 Å². The Balaban J connectivity index is 1.78. The number of alkyl halides is 3. The molecule has 2 aromatic rings. The highest BCUT2D eigenvalue weighted by Crippen LogP contribution is 2.24. The SMILES string of the molecule is Cc1cc(N2CCN(CC(F)(F)F)C(C)C2)nc(-c2cccnc2)n1. The van der Waals surface area contributed by atoms with E-state index in [0.29, 0.717) is 25.5 Å². The Bertz CT molecular complexity index is 720. The van der Waals surface area contributed by atoms with Crippen molar-refractivity contribution in [1.82, 2.24) is 19.9 Å². The van der Waals surface area contributed by atoms with Gasteiger partial charge in [-0.25, -0.2) is 9.97 Å². The van der Waals surface area contributed by atoms with Gasteiger partial charge in [0.2, 0.25) is 0 Å². The first kappa shape index (κ1) is 17.6. The number of rotatable bonds is 3. The Morgan fingerprint density at radius 1 is 1.24 bits per heavy atom. The van der Waals surface area contributed by atoms with Crippen LogP contribution in [0.15, 0.2) is 30.6 Å². The maximum Gasteiger partial charge on any atom is 0.401 e. The summed E-state index contributed by atoms with van der Waals surface area (Å²) in [5.41, 5.74) is 1.63. The van der Waals surface area contributed by atoms with Gasteiger partial charge in [-0.2, -0.15) is 13.2 Å². The zero-order valence-electron chi connectivity index (χ0n) is 14.2. The van der Waals surface area contributed by atoms with E-state index in [9.17, 15) is 13.2 Å². The first-order valence-corrected chi connectivity index (χ1v) is 8.14. The standard InChI is InChI=1S/C17H20F3N5/c1-12-8-15(23-16(22-12)14-4-3-5-21-9-14)24-6-7-25(13(2)10-24)11-17(18,19)20/h3-5,8-9,13H,6-7,10-11H2,1-2H3. The fourth-order valence-corrected chi connectivity index (χ4v) is 3.01. The monoisotopic (exact) mass is 351 g/mol. The number of anilines is 1. The molecule has 3 rings (SSSR count). The van der Waals surface area contributed by atoms with E-state index < -0.39 is 12.7 Å². The molecule has 1 atom stereocenters. The van der Waals surface area contributed by atoms with Crippen molar-refractivity contribution in [2.45, 2.75) is 26.1 Å². The van der Waals surface area contributed by atoms with Gasteiger partial charge in [0.1, 0.15) is 5.82 Å². The Morgan fingerprint density at radius 3 is 2.68 bits per heavy atom. The Kier molecular flexibility index (Phi) is 4.89. The molecule has 1 unspecified atom stereocenters. The normalized spacial score (nSPS) is 19.2. The Labute approximate surface area is 144 Å². The molecule has 0 N–H and O–H groups in total. The van der Waals surface area contributed by atoms with E-state index in [2.05, 4.69) is 15.0 Å². The molecule has 0 amide bonds. The molecule has 0 radical (unpaired) electrons. The van der Waals surface area contributed by atoms with Crippen LogP contribution < -0.4 is 4.90 Å². The molecule has 1 fully saturated rings. The van der Waals surface area contributed by atoms with Crippen molar-refractivity contribution in [3.8, 4) is 11.4 Å². The average molecular weight is 351 g/mol. The lowest BCUT2D eigenvalue weighted by molar-refractivity contribution is -0.150. The van der Waals surface area contributed by atoms with Crippen LogP contribution in [0.4, 0.5) is 19.0 Å². The molecule has 3 heterocycles. The van der Waals surface area contributed by atoms with Crippen molar-refractivity contribution in [1.29, 1.82) is 0 Å². The highest BCUT2D eigenvalue weighted by Gasteiger charge is 2.35. The Hall–Kier alpha value is -2.22. The molecule has 0 aromatic carbocycles. The van der Waals surface area contributed by atoms with Gasteiger partial charge in [-0.1, -0.05) is 0 Å². The first-order valence-electron chi connectivity index (χ1n) is 8.14. The van der Waals surface area contributed by atoms with Crippen LogP contribution >= 0.6 is 0 Å². The number of aromatic nitrogens is 3. The molecular weight excluding hydrogens is 331 g/mol. The summed E-state index contributed by atoms with van der Waals surface area (Å²) in [6.07, 6.45) is -0.792. The van der Waals surface area contributed by atoms with E-state index in [1.807, 2.05) is 36.9 Å². The van der Waals surface area contributed by atoms with E-state index >= 15 is 0 Å². The largest absolute Gasteiger partial charge is 0.401 e. The van der Waals surface area contributed by atoms with E-state index in [0.717, 1.165) is 17.1 Å². The molecule has 0 spiro atoms. The molecular formula is C17H20F3N5. The molecule has 0 aliphatic carbocycles. The predicted octanol–water partition coefficient (Wildman–Crippen LogP) is 2.92. The number of halogens is 3. The molecule has 25 heavy (non-hydrogen) atoms. The molecule has 134 valence electrons. The van der Waals surface area contributed by atoms with Gasteiger partial charge in [0.15, 0.2) is 5.82 Å². The summed E-state index contributed by atoms with van der Waals surface area (Å²) in [4.78, 5) is 16.6. The third-order valence-electron chi connectivity index (χ3n) is 4.23. The topological polar surface area (TPSA) is 45.2 Å². The maximum absolute atomic E-state index is 12.6. The van der Waals surface area contributed by atoms with Crippen molar-refractivity contribution in [2.24, 2.45) is 0 Å². The van der Waals surface area contributed by atoms with Crippen LogP contribution in [0.5, 0.6) is 0 Å². The Morgan fingerprint density at radius 2 is 2.04 bits per heavy atom. The molecule has 1 aliphatic rings. The van der Waals surface area contributed by atoms with Gasteiger partial charge in [0.25, 0.3) is 0 Å². The minimum atomic E-state index is -4.17. The van der Waals surface area contributed by atoms with Gasteiger partial charge >= 0.3 is 6.18 Å². The molecule has 8 heteroatoms. The zero-order chi connectivity index (χ0) is 18.0. The summed E-state index contributed by atoms with van der Waals surface area (Å²) < 4.78 is 37.9. The van der Waals surface area contributed by atoms with Crippen LogP contribution in [0.2, 0.25) is 0 Å². The van der Waals surface area contributed by atoms with Gasteiger partial charge < -0.3 is 4.90 Å². The second-order valence-electron chi connectivity index (χ2n) is 6.31. The quantitative estimate of drug-likeness (QED) is 0.851. The van der Waals surface area contributed by atoms with Crippen LogP contribution in [0.3, 0.4) is 0 Å². The number of hydrogen-bond acceptors (Lipinski definition) is 5. The predicted molar refractivity (Wildman–Crippen MR) is 89.3 cm³/mol. The molecule has 1 saturated heterocycles. The fraction of sp³-hybridized carbons (Fsp3) is 0.471. The van der Waals surface area contributed by atoms with E-state index in [4.69, 9.17) is 0 Å². The van der Waals surface area contributed by atoms with Crippen LogP contribution in [0, 0.1) is 6.92 Å². The minimum Gasteiger partial charge on any atom is -0.354 e. The van der Waals surface area contributed by atoms with E-state index in [1.165, 1.54) is 4.90 Å². The third-order valence-corrected chi connectivity index (χ3v) is 4.23. The van der Waals surface area contributed by atoms with Crippen molar-refractivity contribution < 1.29 is 13.2 Å². The summed E-state index contributed by atoms with van der Waals surface area (Å²) in [6, 6.07) is 5.37. The lowest BCUT2D eigenvalue weighted by atomic mass is 10.2. The van der Waals surface area contributed by atoms with Gasteiger partial charge in [-0.05, 0) is 26.0 Å². The zero-order valence-corrected chi connectivity index (χ0v) is 14.2. The first-order chi connectivity index (χ1) is 11.8. The third kappa shape index (κ3) is 4.45. The van der Waals surface area contributed by atoms with Gasteiger partial charge in [-0.3, -0.25) is 9.88 Å². The molecule has 5 nitrogen and oxygen atoms in total. The summed E-state index contributed by atoms with van der Waals surface area (Å²) in [5, 5.41) is 0. The van der Waals surface area contributed by atoms with Crippen LogP contribution in [-0.4, -0.2) is 58.2 Å². The number of hydrogen-bond donors (Lipinski definition) is 0. The number of nitrogens with zero attached hydrogens (tertiary/aromatic N) is 5. The minimum absolute atomic E-state index is 0.201. The second kappa shape index (κ2) is 6.95. The highest BCUT2D eigenvalue weighted by atomic mass is 19.4. The lowest BCUT2D eigenvalue weighted by Crippen LogP contribution is -2.54. The average Bonchev–Trinajstić information content (AvgIpc) is 2.56. The lowest BCUT2D eigenvalue weighted by Gasteiger charge is -2.40. The van der Waals surface area contributed by atoms with Crippen LogP contribution in [0.1, 0.15) is 12.6 Å². The summed E-state index contributed by atoms with van der Waals surface area (Å²) in [5.74, 6) is 1.32. The van der Waals surface area contributed by atoms with Crippen molar-refractivity contribution in [2.75, 3.05) is 31.1 Å². The summed E-state index contributed by atoms with van der Waals surface area (Å²) in [6.45, 7) is 4.18. The van der Waals surface area contributed by atoms with Gasteiger partial charge in [-0.15, -0.1) is 0 Å². The molecule has 1 aliphatic heterocycles. The van der Waals surface area contributed by atoms with E-state index in [1.54, 1.807) is 12.4 Å². The number of aryl methyl sites for hydroxylation is 1. The summed E-state index contributed by atoms with van der Waals surface area (Å²) in [7, 11) is 0. The maximum atomic E-state index is 12.6. The highest BCUT2D eigenvalue weighted by molar-refractivity contribution is 5.56. The molecule has 0 bridgehead atoms. The van der Waals surface area contributed by atoms with Crippen molar-refractivity contribution >= 4 is 5.82 Å². The number of pyridine rings is 1. The van der Waals surface area contributed by atoms with Crippen molar-refractivity contribution in [3.63, 3.8) is 0 Å². The summed E-state index contributed by atoms with van der Waals surface area (Å²) >= 11 is 0. The van der Waals surface area contributed by atoms with E-state index in [-0.39, 0.29) is 6.04 Å². The van der Waals surface area contributed by atoms with Crippen LogP contribution in [0.25, 0.3) is 11.4 Å². The van der Waals surface area contributed by atoms with Gasteiger partial charge in [0, 0.05) is 55.4 Å². The fourth-order valence-electron chi connectivity index (χ4n) is 3.01. The number of piperazine rings is 1. The van der Waals surface area contributed by atoms with Crippen molar-refractivity contribution in [3.05, 3.63) is 36.3 Å². The molecule has 2 aromatic heterocycles. The smallest absolute Gasteiger partial charge is 0.354 e. The second-order valence-corrected chi connectivity index (χ2v) is 6.31.